The van der Waals surface area contributed by atoms with E-state index in [0.29, 0.717) is 5.16 Å². The second-order valence-corrected chi connectivity index (χ2v) is 8.18. The van der Waals surface area contributed by atoms with Gasteiger partial charge >= 0.3 is 0 Å². The van der Waals surface area contributed by atoms with E-state index in [0.717, 1.165) is 35.6 Å². The Morgan fingerprint density at radius 1 is 1.10 bits per heavy atom. The minimum absolute atomic E-state index is 0.0839. The maximum Gasteiger partial charge on any atom is 0.234 e. The Morgan fingerprint density at radius 3 is 2.62 bits per heavy atom. The summed E-state index contributed by atoms with van der Waals surface area (Å²) in [6.07, 6.45) is 2.49. The summed E-state index contributed by atoms with van der Waals surface area (Å²) in [6.45, 7) is 6.26. The number of benzene rings is 2. The number of carbonyl (C=O) groups is 1. The first-order valence-electron chi connectivity index (χ1n) is 9.74. The van der Waals surface area contributed by atoms with Crippen LogP contribution in [0.4, 0.5) is 11.4 Å². The summed E-state index contributed by atoms with van der Waals surface area (Å²) in [5.41, 5.74) is 5.14. The minimum Gasteiger partial charge on any atom is -0.372 e. The lowest BCUT2D eigenvalue weighted by Gasteiger charge is -2.17. The molecule has 0 radical (unpaired) electrons. The Morgan fingerprint density at radius 2 is 1.86 bits per heavy atom. The fourth-order valence-corrected chi connectivity index (χ4v) is 4.11. The maximum absolute atomic E-state index is 12.4. The van der Waals surface area contributed by atoms with E-state index < -0.39 is 0 Å². The third-order valence-electron chi connectivity index (χ3n) is 4.99. The van der Waals surface area contributed by atoms with E-state index in [4.69, 9.17) is 0 Å². The van der Waals surface area contributed by atoms with Crippen LogP contribution in [0.1, 0.15) is 24.0 Å². The molecule has 0 bridgehead atoms. The van der Waals surface area contributed by atoms with E-state index in [1.54, 1.807) is 4.68 Å². The number of anilines is 2. The van der Waals surface area contributed by atoms with Crippen LogP contribution in [0.25, 0.3) is 5.69 Å². The van der Waals surface area contributed by atoms with Gasteiger partial charge in [-0.1, -0.05) is 23.9 Å². The monoisotopic (exact) mass is 408 g/mol. The largest absolute Gasteiger partial charge is 0.372 e. The average molecular weight is 409 g/mol. The number of amides is 1. The number of aryl methyl sites for hydroxylation is 2. The number of thioether (sulfide) groups is 1. The molecule has 1 aliphatic rings. The van der Waals surface area contributed by atoms with Gasteiger partial charge in [0.1, 0.15) is 0 Å². The molecular weight excluding hydrogens is 384 g/mol. The lowest BCUT2D eigenvalue weighted by Crippen LogP contribution is -2.18. The van der Waals surface area contributed by atoms with Crippen molar-refractivity contribution < 1.29 is 4.79 Å². The SMILES string of the molecule is Cc1ccc(C)c(-n2nnnc2SCC(=O)Nc2ccc(N3CCCC3)cc2)c1. The molecule has 1 aromatic heterocycles. The zero-order valence-electron chi connectivity index (χ0n) is 16.6. The van der Waals surface area contributed by atoms with E-state index in [9.17, 15) is 4.79 Å². The van der Waals surface area contributed by atoms with Gasteiger partial charge in [0.2, 0.25) is 11.1 Å². The molecule has 0 unspecified atom stereocenters. The number of carbonyl (C=O) groups excluding carboxylic acids is 1. The molecule has 1 saturated heterocycles. The highest BCUT2D eigenvalue weighted by molar-refractivity contribution is 7.99. The van der Waals surface area contributed by atoms with Crippen LogP contribution < -0.4 is 10.2 Å². The molecular formula is C21H24N6OS. The van der Waals surface area contributed by atoms with Crippen LogP contribution in [0, 0.1) is 13.8 Å². The molecule has 0 atom stereocenters. The molecule has 2 heterocycles. The van der Waals surface area contributed by atoms with Gasteiger partial charge in [0.05, 0.1) is 11.4 Å². The van der Waals surface area contributed by atoms with Crippen molar-refractivity contribution in [1.82, 2.24) is 20.2 Å². The summed E-state index contributed by atoms with van der Waals surface area (Å²) in [7, 11) is 0. The number of nitrogens with one attached hydrogen (secondary N) is 1. The first-order chi connectivity index (χ1) is 14.1. The lowest BCUT2D eigenvalue weighted by molar-refractivity contribution is -0.113. The van der Waals surface area contributed by atoms with Crippen molar-refractivity contribution in [2.45, 2.75) is 31.8 Å². The smallest absolute Gasteiger partial charge is 0.234 e. The van der Waals surface area contributed by atoms with Crippen LogP contribution >= 0.6 is 11.8 Å². The topological polar surface area (TPSA) is 75.9 Å². The Kier molecular flexibility index (Phi) is 5.80. The normalized spacial score (nSPS) is 13.7. The third kappa shape index (κ3) is 4.59. The van der Waals surface area contributed by atoms with E-state index in [-0.39, 0.29) is 11.7 Å². The van der Waals surface area contributed by atoms with Gasteiger partial charge in [-0.3, -0.25) is 4.79 Å². The van der Waals surface area contributed by atoms with Crippen molar-refractivity contribution >= 4 is 29.0 Å². The van der Waals surface area contributed by atoms with Crippen molar-refractivity contribution in [2.24, 2.45) is 0 Å². The van der Waals surface area contributed by atoms with Gasteiger partial charge in [0.15, 0.2) is 0 Å². The zero-order valence-corrected chi connectivity index (χ0v) is 17.4. The highest BCUT2D eigenvalue weighted by atomic mass is 32.2. The summed E-state index contributed by atoms with van der Waals surface area (Å²) in [5.74, 6) is 0.151. The molecule has 0 spiro atoms. The van der Waals surface area contributed by atoms with E-state index in [1.165, 1.54) is 30.3 Å². The first kappa shape index (κ1) is 19.4. The van der Waals surface area contributed by atoms with Gasteiger partial charge in [-0.25, -0.2) is 0 Å². The Hall–Kier alpha value is -2.87. The fraction of sp³-hybridized carbons (Fsp3) is 0.333. The molecule has 7 nitrogen and oxygen atoms in total. The molecule has 0 aliphatic carbocycles. The Bertz CT molecular complexity index is 995. The molecule has 4 rings (SSSR count). The first-order valence-corrected chi connectivity index (χ1v) is 10.7. The average Bonchev–Trinajstić information content (AvgIpc) is 3.41. The molecule has 1 N–H and O–H groups in total. The third-order valence-corrected chi connectivity index (χ3v) is 5.91. The second kappa shape index (κ2) is 8.65. The van der Waals surface area contributed by atoms with Crippen LogP contribution in [0.3, 0.4) is 0 Å². The van der Waals surface area contributed by atoms with Crippen LogP contribution in [-0.2, 0) is 4.79 Å². The number of aromatic nitrogens is 4. The molecule has 1 amide bonds. The number of hydrogen-bond donors (Lipinski definition) is 1. The van der Waals surface area contributed by atoms with E-state index in [2.05, 4.69) is 43.9 Å². The van der Waals surface area contributed by atoms with Gasteiger partial charge in [0.25, 0.3) is 0 Å². The van der Waals surface area contributed by atoms with Gasteiger partial charge in [-0.15, -0.1) is 5.10 Å². The quantitative estimate of drug-likeness (QED) is 0.628. The number of rotatable bonds is 6. The summed E-state index contributed by atoms with van der Waals surface area (Å²) in [4.78, 5) is 14.8. The van der Waals surface area contributed by atoms with Crippen LogP contribution in [0.2, 0.25) is 0 Å². The highest BCUT2D eigenvalue weighted by Gasteiger charge is 2.14. The van der Waals surface area contributed by atoms with Gasteiger partial charge < -0.3 is 10.2 Å². The van der Waals surface area contributed by atoms with Crippen LogP contribution in [-0.4, -0.2) is 45.0 Å². The van der Waals surface area contributed by atoms with Crippen molar-refractivity contribution in [1.29, 1.82) is 0 Å². The molecule has 2 aromatic carbocycles. The summed E-state index contributed by atoms with van der Waals surface area (Å²) in [6, 6.07) is 14.2. The standard InChI is InChI=1S/C21H24N6OS/c1-15-5-6-16(2)19(13-15)27-21(23-24-25-27)29-14-20(28)22-17-7-9-18(10-8-17)26-11-3-4-12-26/h5-10,13H,3-4,11-12,14H2,1-2H3,(H,22,28). The van der Waals surface area contributed by atoms with Crippen molar-refractivity contribution in [2.75, 3.05) is 29.1 Å². The van der Waals surface area contributed by atoms with Crippen LogP contribution in [0.5, 0.6) is 0 Å². The Labute approximate surface area is 174 Å². The lowest BCUT2D eigenvalue weighted by atomic mass is 10.1. The van der Waals surface area contributed by atoms with Crippen molar-refractivity contribution in [3.63, 3.8) is 0 Å². The number of hydrogen-bond acceptors (Lipinski definition) is 6. The molecule has 8 heteroatoms. The van der Waals surface area contributed by atoms with E-state index in [1.807, 2.05) is 38.1 Å². The predicted octanol–water partition coefficient (Wildman–Crippen LogP) is 3.61. The number of tetrazole rings is 1. The van der Waals surface area contributed by atoms with Gasteiger partial charge in [-0.05, 0) is 78.6 Å². The van der Waals surface area contributed by atoms with Crippen molar-refractivity contribution in [3.05, 3.63) is 53.6 Å². The summed E-state index contributed by atoms with van der Waals surface area (Å²) < 4.78 is 1.69. The predicted molar refractivity (Wildman–Crippen MR) is 116 cm³/mol. The van der Waals surface area contributed by atoms with Gasteiger partial charge in [-0.2, -0.15) is 4.68 Å². The zero-order chi connectivity index (χ0) is 20.2. The minimum atomic E-state index is -0.0839. The molecule has 29 heavy (non-hydrogen) atoms. The molecule has 1 fully saturated rings. The highest BCUT2D eigenvalue weighted by Crippen LogP contribution is 2.24. The van der Waals surface area contributed by atoms with Gasteiger partial charge in [0, 0.05) is 24.5 Å². The van der Waals surface area contributed by atoms with Crippen molar-refractivity contribution in [3.8, 4) is 5.69 Å². The number of nitrogens with zero attached hydrogens (tertiary/aromatic N) is 5. The summed E-state index contributed by atoms with van der Waals surface area (Å²) >= 11 is 1.32. The second-order valence-electron chi connectivity index (χ2n) is 7.24. The maximum atomic E-state index is 12.4. The molecule has 150 valence electrons. The summed E-state index contributed by atoms with van der Waals surface area (Å²) in [5, 5.41) is 15.5. The molecule has 0 saturated carbocycles. The van der Waals surface area contributed by atoms with E-state index >= 15 is 0 Å². The molecule has 1 aliphatic heterocycles. The fourth-order valence-electron chi connectivity index (χ4n) is 3.43. The Balaban J connectivity index is 1.37. The van der Waals surface area contributed by atoms with Crippen LogP contribution in [0.15, 0.2) is 47.6 Å². The molecule has 3 aromatic rings.